The molecule has 1 aromatic carbocycles. The minimum absolute atomic E-state index is 0.332. The van der Waals surface area contributed by atoms with Crippen molar-refractivity contribution < 1.29 is 4.74 Å². The molecule has 0 amide bonds. The Morgan fingerprint density at radius 3 is 2.45 bits per heavy atom. The molecule has 0 fully saturated rings. The van der Waals surface area contributed by atoms with Gasteiger partial charge >= 0.3 is 0 Å². The molecular weight excluding hydrogens is 380 g/mol. The summed E-state index contributed by atoms with van der Waals surface area (Å²) in [6, 6.07) is 6.24. The molecule has 1 rings (SSSR count). The predicted octanol–water partition coefficient (Wildman–Crippen LogP) is 6.75. The summed E-state index contributed by atoms with van der Waals surface area (Å²) in [5.41, 5.74) is 1.62. The summed E-state index contributed by atoms with van der Waals surface area (Å²) >= 11 is 7.40. The van der Waals surface area contributed by atoms with E-state index in [2.05, 4.69) is 65.6 Å². The van der Waals surface area contributed by atoms with Gasteiger partial charge in [-0.05, 0) is 49.3 Å². The van der Waals surface area contributed by atoms with E-state index in [1.165, 1.54) is 12.0 Å². The van der Waals surface area contributed by atoms with Crippen molar-refractivity contribution >= 4 is 31.9 Å². The molecule has 0 aromatic heterocycles. The summed E-state index contributed by atoms with van der Waals surface area (Å²) in [4.78, 5) is 0.332. The van der Waals surface area contributed by atoms with Crippen LogP contribution in [-0.4, -0.2) is 6.61 Å². The summed E-state index contributed by atoms with van der Waals surface area (Å²) in [6.07, 6.45) is 2.35. The Morgan fingerprint density at radius 1 is 1.25 bits per heavy atom. The summed E-state index contributed by atoms with van der Waals surface area (Å²) in [5.74, 6) is 1.66. The van der Waals surface area contributed by atoms with Gasteiger partial charge in [0.15, 0.2) is 0 Å². The minimum Gasteiger partial charge on any atom is -0.494 e. The van der Waals surface area contributed by atoms with Gasteiger partial charge in [-0.25, -0.2) is 0 Å². The highest BCUT2D eigenvalue weighted by molar-refractivity contribution is 9.10. The van der Waals surface area contributed by atoms with E-state index in [4.69, 9.17) is 4.74 Å². The van der Waals surface area contributed by atoms with Crippen LogP contribution in [0, 0.1) is 11.3 Å². The van der Waals surface area contributed by atoms with Crippen molar-refractivity contribution in [3.63, 3.8) is 0 Å². The molecule has 0 bridgehead atoms. The SMILES string of the molecule is CCOc1ccc(Br)cc1C(Br)CC(C)CC(C)(C)C. The first-order chi connectivity index (χ1) is 9.23. The van der Waals surface area contributed by atoms with E-state index in [9.17, 15) is 0 Å². The Labute approximate surface area is 140 Å². The average Bonchev–Trinajstić information content (AvgIpc) is 2.29. The molecule has 0 N–H and O–H groups in total. The van der Waals surface area contributed by atoms with Gasteiger partial charge in [-0.15, -0.1) is 0 Å². The Bertz CT molecular complexity index is 423. The van der Waals surface area contributed by atoms with Crippen LogP contribution in [0.25, 0.3) is 0 Å². The van der Waals surface area contributed by atoms with Crippen molar-refractivity contribution in [2.24, 2.45) is 11.3 Å². The Balaban J connectivity index is 2.80. The average molecular weight is 406 g/mol. The highest BCUT2D eigenvalue weighted by atomic mass is 79.9. The van der Waals surface area contributed by atoms with E-state index >= 15 is 0 Å². The fraction of sp³-hybridized carbons (Fsp3) is 0.647. The van der Waals surface area contributed by atoms with Gasteiger partial charge in [0.2, 0.25) is 0 Å². The number of benzene rings is 1. The maximum Gasteiger partial charge on any atom is 0.123 e. The zero-order valence-electron chi connectivity index (χ0n) is 13.2. The normalized spacial score (nSPS) is 14.9. The van der Waals surface area contributed by atoms with Gasteiger partial charge in [-0.3, -0.25) is 0 Å². The second kappa shape index (κ2) is 7.84. The van der Waals surface area contributed by atoms with Crippen LogP contribution >= 0.6 is 31.9 Å². The third kappa shape index (κ3) is 6.17. The molecule has 0 aliphatic rings. The van der Waals surface area contributed by atoms with Gasteiger partial charge in [-0.1, -0.05) is 59.6 Å². The zero-order valence-corrected chi connectivity index (χ0v) is 16.3. The number of hydrogen-bond donors (Lipinski definition) is 0. The first kappa shape index (κ1) is 18.0. The largest absolute Gasteiger partial charge is 0.494 e. The molecule has 1 aromatic rings. The molecular formula is C17H26Br2O. The van der Waals surface area contributed by atoms with Gasteiger partial charge in [0.05, 0.1) is 6.61 Å². The fourth-order valence-electron chi connectivity index (χ4n) is 2.66. The molecule has 114 valence electrons. The lowest BCUT2D eigenvalue weighted by atomic mass is 9.83. The Hall–Kier alpha value is -0.0200. The van der Waals surface area contributed by atoms with Gasteiger partial charge in [0.1, 0.15) is 5.75 Å². The lowest BCUT2D eigenvalue weighted by Gasteiger charge is -2.25. The van der Waals surface area contributed by atoms with Crippen molar-refractivity contribution in [1.29, 1.82) is 0 Å². The third-order valence-corrected chi connectivity index (χ3v) is 4.54. The molecule has 0 saturated heterocycles. The van der Waals surface area contributed by atoms with Crippen LogP contribution in [0.5, 0.6) is 5.75 Å². The zero-order chi connectivity index (χ0) is 15.3. The highest BCUT2D eigenvalue weighted by Crippen LogP contribution is 2.39. The van der Waals surface area contributed by atoms with Crippen LogP contribution in [0.4, 0.5) is 0 Å². The summed E-state index contributed by atoms with van der Waals surface area (Å²) in [7, 11) is 0. The standard InChI is InChI=1S/C17H26Br2O/c1-6-20-16-8-7-13(18)10-14(16)15(19)9-12(2)11-17(3,4)5/h7-8,10,12,15H,6,9,11H2,1-5H3. The van der Waals surface area contributed by atoms with Gasteiger partial charge < -0.3 is 4.74 Å². The lowest BCUT2D eigenvalue weighted by Crippen LogP contribution is -2.12. The number of alkyl halides is 1. The molecule has 0 aliphatic carbocycles. The van der Waals surface area contributed by atoms with Crippen LogP contribution < -0.4 is 4.74 Å². The highest BCUT2D eigenvalue weighted by Gasteiger charge is 2.21. The van der Waals surface area contributed by atoms with Crippen molar-refractivity contribution in [1.82, 2.24) is 0 Å². The molecule has 20 heavy (non-hydrogen) atoms. The second-order valence-corrected chi connectivity index (χ2v) is 8.71. The first-order valence-electron chi connectivity index (χ1n) is 7.29. The monoisotopic (exact) mass is 404 g/mol. The van der Waals surface area contributed by atoms with Crippen molar-refractivity contribution in [3.8, 4) is 5.75 Å². The van der Waals surface area contributed by atoms with Crippen molar-refractivity contribution in [3.05, 3.63) is 28.2 Å². The van der Waals surface area contributed by atoms with E-state index in [0.29, 0.717) is 22.8 Å². The van der Waals surface area contributed by atoms with E-state index in [1.54, 1.807) is 0 Å². The maximum atomic E-state index is 5.74. The van der Waals surface area contributed by atoms with Gasteiger partial charge in [-0.2, -0.15) is 0 Å². The fourth-order valence-corrected chi connectivity index (χ4v) is 4.03. The number of rotatable bonds is 6. The second-order valence-electron chi connectivity index (χ2n) is 6.69. The smallest absolute Gasteiger partial charge is 0.123 e. The van der Waals surface area contributed by atoms with Crippen LogP contribution in [0.1, 0.15) is 57.9 Å². The van der Waals surface area contributed by atoms with Crippen LogP contribution in [-0.2, 0) is 0 Å². The minimum atomic E-state index is 0.332. The summed E-state index contributed by atoms with van der Waals surface area (Å²) in [5, 5.41) is 0. The Kier molecular flexibility index (Phi) is 7.07. The molecule has 0 aliphatic heterocycles. The van der Waals surface area contributed by atoms with E-state index in [0.717, 1.165) is 16.6 Å². The van der Waals surface area contributed by atoms with E-state index in [1.807, 2.05) is 19.1 Å². The molecule has 2 unspecified atom stereocenters. The molecule has 0 heterocycles. The third-order valence-electron chi connectivity index (χ3n) is 3.18. The van der Waals surface area contributed by atoms with E-state index in [-0.39, 0.29) is 0 Å². The lowest BCUT2D eigenvalue weighted by molar-refractivity contribution is 0.294. The predicted molar refractivity (Wildman–Crippen MR) is 94.8 cm³/mol. The summed E-state index contributed by atoms with van der Waals surface area (Å²) < 4.78 is 6.85. The molecule has 0 radical (unpaired) electrons. The quantitative estimate of drug-likeness (QED) is 0.475. The van der Waals surface area contributed by atoms with Crippen molar-refractivity contribution in [2.45, 2.75) is 52.3 Å². The number of halogens is 2. The topological polar surface area (TPSA) is 9.23 Å². The van der Waals surface area contributed by atoms with Crippen LogP contribution in [0.2, 0.25) is 0 Å². The van der Waals surface area contributed by atoms with Crippen molar-refractivity contribution in [2.75, 3.05) is 6.61 Å². The van der Waals surface area contributed by atoms with Crippen LogP contribution in [0.15, 0.2) is 22.7 Å². The number of ether oxygens (including phenoxy) is 1. The summed E-state index contributed by atoms with van der Waals surface area (Å²) in [6.45, 7) is 12.0. The molecule has 3 heteroatoms. The molecule has 0 saturated carbocycles. The van der Waals surface area contributed by atoms with E-state index < -0.39 is 0 Å². The van der Waals surface area contributed by atoms with Crippen LogP contribution in [0.3, 0.4) is 0 Å². The Morgan fingerprint density at radius 2 is 1.90 bits per heavy atom. The molecule has 2 atom stereocenters. The van der Waals surface area contributed by atoms with Gasteiger partial charge in [0, 0.05) is 14.9 Å². The van der Waals surface area contributed by atoms with Gasteiger partial charge in [0.25, 0.3) is 0 Å². The molecule has 0 spiro atoms. The maximum absolute atomic E-state index is 5.74. The molecule has 1 nitrogen and oxygen atoms in total. The number of hydrogen-bond acceptors (Lipinski definition) is 1. The first-order valence-corrected chi connectivity index (χ1v) is 9.00.